The second-order valence-electron chi connectivity index (χ2n) is 7.64. The summed E-state index contributed by atoms with van der Waals surface area (Å²) in [5.74, 6) is -0.698. The number of hydrogen-bond donors (Lipinski definition) is 0. The molecule has 0 saturated carbocycles. The van der Waals surface area contributed by atoms with Crippen LogP contribution in [0.2, 0.25) is 19.6 Å². The van der Waals surface area contributed by atoms with Crippen LogP contribution in [0.1, 0.15) is 19.4 Å². The third kappa shape index (κ3) is 5.29. The molecule has 2 rings (SSSR count). The van der Waals surface area contributed by atoms with Crippen LogP contribution in [0.15, 0.2) is 42.5 Å². The van der Waals surface area contributed by atoms with E-state index in [0.717, 1.165) is 5.56 Å². The van der Waals surface area contributed by atoms with Crippen LogP contribution < -0.4 is 0 Å². The van der Waals surface area contributed by atoms with Gasteiger partial charge in [0.05, 0.1) is 18.1 Å². The first-order valence-electron chi connectivity index (χ1n) is 9.07. The number of allylic oxidation sites excluding steroid dienone is 1. The van der Waals surface area contributed by atoms with Gasteiger partial charge in [-0.1, -0.05) is 49.4 Å². The first-order valence-corrected chi connectivity index (χ1v) is 12.5. The van der Waals surface area contributed by atoms with Crippen LogP contribution in [0.25, 0.3) is 0 Å². The lowest BCUT2D eigenvalue weighted by Crippen LogP contribution is -2.47. The molecular formula is C20H29NO4Si. The zero-order valence-corrected chi connectivity index (χ0v) is 17.3. The molecule has 1 aromatic rings. The van der Waals surface area contributed by atoms with E-state index in [1.165, 1.54) is 4.90 Å². The number of nitrogens with zero attached hydrogens (tertiary/aromatic N) is 1. The molecular weight excluding hydrogens is 346 g/mol. The molecule has 1 fully saturated rings. The number of hydrogen-bond acceptors (Lipinski definition) is 4. The summed E-state index contributed by atoms with van der Waals surface area (Å²) >= 11 is 0. The minimum Gasteiger partial charge on any atom is -0.447 e. The van der Waals surface area contributed by atoms with Gasteiger partial charge in [0.15, 0.2) is 8.32 Å². The number of amides is 2. The monoisotopic (exact) mass is 375 g/mol. The van der Waals surface area contributed by atoms with Crippen LogP contribution in [0.3, 0.4) is 0 Å². The molecule has 0 aromatic heterocycles. The topological polar surface area (TPSA) is 55.8 Å². The van der Waals surface area contributed by atoms with E-state index >= 15 is 0 Å². The predicted molar refractivity (Wildman–Crippen MR) is 104 cm³/mol. The van der Waals surface area contributed by atoms with Crippen molar-refractivity contribution in [3.63, 3.8) is 0 Å². The molecule has 1 aliphatic heterocycles. The highest BCUT2D eigenvalue weighted by molar-refractivity contribution is 6.69. The molecule has 26 heavy (non-hydrogen) atoms. The Morgan fingerprint density at radius 2 is 2.00 bits per heavy atom. The lowest BCUT2D eigenvalue weighted by Gasteiger charge is -2.30. The van der Waals surface area contributed by atoms with E-state index in [1.807, 2.05) is 56.3 Å². The highest BCUT2D eigenvalue weighted by Gasteiger charge is 2.41. The standard InChI is InChI=1S/C20H29NO4Si/c1-6-10-18(25-26(3,4)5)15(2)19(22)21-17(14-24-20(21)23)13-16-11-8-7-9-12-16/h6-12,15,17-18H,13-14H2,1-5H3/b10-6+/t15-,17+,18-/m1/s1. The molecule has 0 unspecified atom stereocenters. The normalized spacial score (nSPS) is 20.3. The van der Waals surface area contributed by atoms with Gasteiger partial charge in [0, 0.05) is 0 Å². The highest BCUT2D eigenvalue weighted by Crippen LogP contribution is 2.24. The predicted octanol–water partition coefficient (Wildman–Crippen LogP) is 4.01. The minimum absolute atomic E-state index is 0.231. The van der Waals surface area contributed by atoms with Crippen molar-refractivity contribution < 1.29 is 18.8 Å². The first kappa shape index (κ1) is 20.4. The molecule has 0 radical (unpaired) electrons. The van der Waals surface area contributed by atoms with E-state index in [-0.39, 0.29) is 24.7 Å². The summed E-state index contributed by atoms with van der Waals surface area (Å²) < 4.78 is 11.3. The number of ether oxygens (including phenoxy) is 1. The summed E-state index contributed by atoms with van der Waals surface area (Å²) in [6.45, 7) is 10.2. The van der Waals surface area contributed by atoms with Gasteiger partial charge in [0.1, 0.15) is 6.61 Å². The van der Waals surface area contributed by atoms with Crippen LogP contribution in [-0.2, 0) is 20.4 Å². The molecule has 0 aliphatic carbocycles. The SMILES string of the molecule is C/C=C/[C@@H](O[Si](C)(C)C)[C@@H](C)C(=O)N1C(=O)OC[C@@H]1Cc1ccccc1. The summed E-state index contributed by atoms with van der Waals surface area (Å²) in [5, 5.41) is 0. The third-order valence-electron chi connectivity index (χ3n) is 4.27. The minimum atomic E-state index is -1.84. The summed E-state index contributed by atoms with van der Waals surface area (Å²) in [5.41, 5.74) is 1.07. The van der Waals surface area contributed by atoms with E-state index in [4.69, 9.17) is 9.16 Å². The largest absolute Gasteiger partial charge is 0.447 e. The number of cyclic esters (lactones) is 1. The van der Waals surface area contributed by atoms with Crippen molar-refractivity contribution in [2.24, 2.45) is 5.92 Å². The molecule has 3 atom stereocenters. The van der Waals surface area contributed by atoms with Gasteiger partial charge < -0.3 is 9.16 Å². The smallest absolute Gasteiger partial charge is 0.416 e. The van der Waals surface area contributed by atoms with Gasteiger partial charge in [-0.25, -0.2) is 9.69 Å². The summed E-state index contributed by atoms with van der Waals surface area (Å²) in [4.78, 5) is 26.6. The van der Waals surface area contributed by atoms with Crippen LogP contribution in [0.4, 0.5) is 4.79 Å². The molecule has 2 amide bonds. The molecule has 0 N–H and O–H groups in total. The Morgan fingerprint density at radius 3 is 2.58 bits per heavy atom. The average molecular weight is 376 g/mol. The Bertz CT molecular complexity index is 654. The number of benzene rings is 1. The Kier molecular flexibility index (Phi) is 6.78. The van der Waals surface area contributed by atoms with E-state index < -0.39 is 20.3 Å². The van der Waals surface area contributed by atoms with E-state index in [2.05, 4.69) is 19.6 Å². The number of rotatable bonds is 7. The molecule has 142 valence electrons. The molecule has 1 aromatic carbocycles. The van der Waals surface area contributed by atoms with Gasteiger partial charge >= 0.3 is 6.09 Å². The lowest BCUT2D eigenvalue weighted by atomic mass is 10.0. The lowest BCUT2D eigenvalue weighted by molar-refractivity contribution is -0.135. The molecule has 0 spiro atoms. The van der Waals surface area contributed by atoms with Gasteiger partial charge in [0.2, 0.25) is 5.91 Å². The zero-order chi connectivity index (χ0) is 19.3. The molecule has 0 bridgehead atoms. The Labute approximate surface area is 157 Å². The molecule has 5 nitrogen and oxygen atoms in total. The molecule has 1 heterocycles. The Hall–Kier alpha value is -1.92. The maximum Gasteiger partial charge on any atom is 0.416 e. The quantitative estimate of drug-likeness (QED) is 0.534. The van der Waals surface area contributed by atoms with Gasteiger partial charge in [-0.2, -0.15) is 0 Å². The van der Waals surface area contributed by atoms with Gasteiger partial charge in [-0.15, -0.1) is 0 Å². The maximum atomic E-state index is 13.1. The van der Waals surface area contributed by atoms with Crippen LogP contribution >= 0.6 is 0 Å². The fraction of sp³-hybridized carbons (Fsp3) is 0.500. The van der Waals surface area contributed by atoms with Crippen molar-refractivity contribution >= 4 is 20.3 Å². The van der Waals surface area contributed by atoms with E-state index in [1.54, 1.807) is 0 Å². The Morgan fingerprint density at radius 1 is 1.35 bits per heavy atom. The van der Waals surface area contributed by atoms with Crippen LogP contribution in [0, 0.1) is 5.92 Å². The second-order valence-corrected chi connectivity index (χ2v) is 12.1. The van der Waals surface area contributed by atoms with Gasteiger partial charge in [0.25, 0.3) is 0 Å². The maximum absolute atomic E-state index is 13.1. The van der Waals surface area contributed by atoms with E-state index in [0.29, 0.717) is 6.42 Å². The summed E-state index contributed by atoms with van der Waals surface area (Å²) in [6.07, 6.45) is 3.47. The van der Waals surface area contributed by atoms with Crippen LogP contribution in [0.5, 0.6) is 0 Å². The third-order valence-corrected chi connectivity index (χ3v) is 5.25. The second kappa shape index (κ2) is 8.64. The fourth-order valence-corrected chi connectivity index (χ4v) is 4.13. The number of imide groups is 1. The molecule has 1 aliphatic rings. The van der Waals surface area contributed by atoms with Crippen LogP contribution in [-0.4, -0.2) is 44.0 Å². The molecule has 6 heteroatoms. The highest BCUT2D eigenvalue weighted by atomic mass is 28.4. The number of carbonyl (C=O) groups is 2. The van der Waals surface area contributed by atoms with Crippen molar-refractivity contribution in [2.75, 3.05) is 6.61 Å². The van der Waals surface area contributed by atoms with Crippen molar-refractivity contribution in [1.29, 1.82) is 0 Å². The zero-order valence-electron chi connectivity index (χ0n) is 16.3. The Balaban J connectivity index is 2.16. The van der Waals surface area contributed by atoms with Crippen molar-refractivity contribution in [3.8, 4) is 0 Å². The van der Waals surface area contributed by atoms with Crippen molar-refractivity contribution in [2.45, 2.75) is 52.1 Å². The summed E-state index contributed by atoms with van der Waals surface area (Å²) in [6, 6.07) is 9.55. The molecule has 1 saturated heterocycles. The first-order chi connectivity index (χ1) is 12.2. The van der Waals surface area contributed by atoms with Gasteiger partial charge in [-0.3, -0.25) is 4.79 Å². The van der Waals surface area contributed by atoms with E-state index in [9.17, 15) is 9.59 Å². The average Bonchev–Trinajstić information content (AvgIpc) is 2.93. The number of carbonyl (C=O) groups excluding carboxylic acids is 2. The fourth-order valence-electron chi connectivity index (χ4n) is 3.03. The van der Waals surface area contributed by atoms with Crippen molar-refractivity contribution in [1.82, 2.24) is 4.90 Å². The van der Waals surface area contributed by atoms with Gasteiger partial charge in [-0.05, 0) is 38.5 Å². The van der Waals surface area contributed by atoms with Crippen molar-refractivity contribution in [3.05, 3.63) is 48.0 Å². The summed E-state index contributed by atoms with van der Waals surface area (Å²) in [7, 11) is -1.84.